The first-order valence-corrected chi connectivity index (χ1v) is 7.32. The van der Waals surface area contributed by atoms with Gasteiger partial charge in [-0.1, -0.05) is 6.07 Å². The van der Waals surface area contributed by atoms with Crippen molar-refractivity contribution in [1.29, 1.82) is 0 Å². The summed E-state index contributed by atoms with van der Waals surface area (Å²) in [6.07, 6.45) is 2.89. The maximum Gasteiger partial charge on any atom is 0.250 e. The van der Waals surface area contributed by atoms with Crippen molar-refractivity contribution in [2.24, 2.45) is 0 Å². The Morgan fingerprint density at radius 2 is 2.00 bits per heavy atom. The minimum absolute atomic E-state index is 0.0133. The van der Waals surface area contributed by atoms with Gasteiger partial charge in [0.2, 0.25) is 5.91 Å². The first-order valence-electron chi connectivity index (χ1n) is 7.32. The van der Waals surface area contributed by atoms with Crippen molar-refractivity contribution in [3.05, 3.63) is 34.2 Å². The normalized spacial score (nSPS) is 15.4. The lowest BCUT2D eigenvalue weighted by Crippen LogP contribution is -2.34. The van der Waals surface area contributed by atoms with Crippen molar-refractivity contribution in [1.82, 2.24) is 14.8 Å². The molecule has 5 heteroatoms. The third-order valence-corrected chi connectivity index (χ3v) is 3.78. The molecular weight excluding hydrogens is 254 g/mol. The van der Waals surface area contributed by atoms with E-state index >= 15 is 0 Å². The van der Waals surface area contributed by atoms with E-state index in [4.69, 9.17) is 0 Å². The van der Waals surface area contributed by atoms with Gasteiger partial charge in [0, 0.05) is 37.8 Å². The predicted molar refractivity (Wildman–Crippen MR) is 78.7 cm³/mol. The number of aromatic nitrogens is 1. The summed E-state index contributed by atoms with van der Waals surface area (Å²) in [6, 6.07) is 5.15. The van der Waals surface area contributed by atoms with Gasteiger partial charge < -0.3 is 14.8 Å². The molecule has 2 rings (SSSR count). The van der Waals surface area contributed by atoms with E-state index < -0.39 is 0 Å². The molecule has 0 aromatic carbocycles. The Kier molecular flexibility index (Phi) is 5.35. The van der Waals surface area contributed by atoms with Crippen molar-refractivity contribution >= 4 is 5.91 Å². The Bertz CT molecular complexity index is 504. The average molecular weight is 277 g/mol. The average Bonchev–Trinajstić information content (AvgIpc) is 2.91. The van der Waals surface area contributed by atoms with E-state index in [2.05, 4.69) is 10.2 Å². The van der Waals surface area contributed by atoms with Gasteiger partial charge in [-0.3, -0.25) is 9.59 Å². The summed E-state index contributed by atoms with van der Waals surface area (Å²) in [6.45, 7) is 6.24. The van der Waals surface area contributed by atoms with Crippen LogP contribution in [0.25, 0.3) is 0 Å². The Morgan fingerprint density at radius 3 is 2.70 bits per heavy atom. The van der Waals surface area contributed by atoms with Crippen LogP contribution >= 0.6 is 0 Å². The minimum atomic E-state index is -0.0464. The molecular formula is C15H23N3O2. The zero-order valence-corrected chi connectivity index (χ0v) is 12.1. The largest absolute Gasteiger partial charge is 0.355 e. The highest BCUT2D eigenvalue weighted by molar-refractivity contribution is 5.75. The molecule has 1 aromatic rings. The third-order valence-electron chi connectivity index (χ3n) is 3.78. The van der Waals surface area contributed by atoms with Crippen molar-refractivity contribution in [2.75, 3.05) is 26.2 Å². The maximum atomic E-state index is 11.8. The number of hydrogen-bond acceptors (Lipinski definition) is 3. The van der Waals surface area contributed by atoms with E-state index in [1.165, 1.54) is 18.9 Å². The number of amides is 1. The topological polar surface area (TPSA) is 54.3 Å². The van der Waals surface area contributed by atoms with Crippen LogP contribution in [0.3, 0.4) is 0 Å². The van der Waals surface area contributed by atoms with Gasteiger partial charge in [0.1, 0.15) is 0 Å². The highest BCUT2D eigenvalue weighted by Crippen LogP contribution is 2.05. The van der Waals surface area contributed by atoms with Crippen LogP contribution in [0.1, 0.15) is 25.0 Å². The third kappa shape index (κ3) is 4.20. The van der Waals surface area contributed by atoms with Crippen molar-refractivity contribution < 1.29 is 4.79 Å². The molecule has 1 aromatic heterocycles. The monoisotopic (exact) mass is 277 g/mol. The van der Waals surface area contributed by atoms with E-state index in [1.54, 1.807) is 10.6 Å². The van der Waals surface area contributed by atoms with Crippen LogP contribution in [-0.4, -0.2) is 41.6 Å². The Labute approximate surface area is 119 Å². The number of aryl methyl sites for hydroxylation is 1. The van der Waals surface area contributed by atoms with Crippen LogP contribution in [0, 0.1) is 6.92 Å². The fourth-order valence-electron chi connectivity index (χ4n) is 2.57. The summed E-state index contributed by atoms with van der Waals surface area (Å²) >= 11 is 0. The molecule has 0 spiro atoms. The summed E-state index contributed by atoms with van der Waals surface area (Å²) in [4.78, 5) is 25.8. The summed E-state index contributed by atoms with van der Waals surface area (Å²) < 4.78 is 1.64. The minimum Gasteiger partial charge on any atom is -0.355 e. The van der Waals surface area contributed by atoms with Crippen molar-refractivity contribution in [2.45, 2.75) is 32.7 Å². The molecule has 1 aliphatic heterocycles. The molecule has 5 nitrogen and oxygen atoms in total. The number of carbonyl (C=O) groups is 1. The fourth-order valence-corrected chi connectivity index (χ4v) is 2.57. The molecule has 20 heavy (non-hydrogen) atoms. The Morgan fingerprint density at radius 1 is 1.25 bits per heavy atom. The molecule has 0 saturated carbocycles. The van der Waals surface area contributed by atoms with Gasteiger partial charge >= 0.3 is 0 Å². The van der Waals surface area contributed by atoms with Crippen LogP contribution in [0.15, 0.2) is 23.0 Å². The second-order valence-electron chi connectivity index (χ2n) is 5.31. The maximum absolute atomic E-state index is 11.8. The van der Waals surface area contributed by atoms with Crippen LogP contribution < -0.4 is 10.9 Å². The van der Waals surface area contributed by atoms with Gasteiger partial charge in [0.05, 0.1) is 0 Å². The predicted octanol–water partition coefficient (Wildman–Crippen LogP) is 0.759. The van der Waals surface area contributed by atoms with Gasteiger partial charge in [0.15, 0.2) is 0 Å². The number of carbonyl (C=O) groups excluding carboxylic acids is 1. The summed E-state index contributed by atoms with van der Waals surface area (Å²) in [7, 11) is 0. The molecule has 1 amide bonds. The van der Waals surface area contributed by atoms with Crippen molar-refractivity contribution in [3.8, 4) is 0 Å². The standard InChI is InChI=1S/C15H23N3O2/c1-13-5-4-6-15(20)18(13)11-7-14(19)16-8-12-17-9-2-3-10-17/h4-6H,2-3,7-12H2,1H3,(H,16,19). The molecule has 2 heterocycles. The molecule has 0 radical (unpaired) electrons. The van der Waals surface area contributed by atoms with E-state index in [-0.39, 0.29) is 11.5 Å². The zero-order chi connectivity index (χ0) is 14.4. The van der Waals surface area contributed by atoms with Gasteiger partial charge in [-0.25, -0.2) is 0 Å². The van der Waals surface area contributed by atoms with Crippen LogP contribution in [0.4, 0.5) is 0 Å². The number of likely N-dealkylation sites (tertiary alicyclic amines) is 1. The van der Waals surface area contributed by atoms with Crippen LogP contribution in [0.2, 0.25) is 0 Å². The van der Waals surface area contributed by atoms with Crippen LogP contribution in [0.5, 0.6) is 0 Å². The van der Waals surface area contributed by atoms with Crippen molar-refractivity contribution in [3.63, 3.8) is 0 Å². The molecule has 0 atom stereocenters. The molecule has 0 bridgehead atoms. The number of nitrogens with zero attached hydrogens (tertiary/aromatic N) is 2. The SMILES string of the molecule is Cc1cccc(=O)n1CCC(=O)NCCN1CCCC1. The van der Waals surface area contributed by atoms with E-state index in [0.717, 1.165) is 25.3 Å². The van der Waals surface area contributed by atoms with E-state index in [1.807, 2.05) is 13.0 Å². The first kappa shape index (κ1) is 14.8. The van der Waals surface area contributed by atoms with Crippen LogP contribution in [-0.2, 0) is 11.3 Å². The van der Waals surface area contributed by atoms with Gasteiger partial charge in [-0.2, -0.15) is 0 Å². The van der Waals surface area contributed by atoms with Gasteiger partial charge in [0.25, 0.3) is 5.56 Å². The summed E-state index contributed by atoms with van der Waals surface area (Å²) in [5.41, 5.74) is 0.845. The van der Waals surface area contributed by atoms with Gasteiger partial charge in [-0.15, -0.1) is 0 Å². The zero-order valence-electron chi connectivity index (χ0n) is 12.1. The molecule has 0 aliphatic carbocycles. The fraction of sp³-hybridized carbons (Fsp3) is 0.600. The molecule has 1 fully saturated rings. The quantitative estimate of drug-likeness (QED) is 0.835. The molecule has 0 unspecified atom stereocenters. The highest BCUT2D eigenvalue weighted by atomic mass is 16.1. The molecule has 1 N–H and O–H groups in total. The molecule has 1 saturated heterocycles. The summed E-state index contributed by atoms with van der Waals surface area (Å²) in [5, 5.41) is 2.92. The smallest absolute Gasteiger partial charge is 0.250 e. The molecule has 1 aliphatic rings. The number of hydrogen-bond donors (Lipinski definition) is 1. The Hall–Kier alpha value is -1.62. The Balaban J connectivity index is 1.70. The second-order valence-corrected chi connectivity index (χ2v) is 5.31. The van der Waals surface area contributed by atoms with E-state index in [0.29, 0.717) is 19.5 Å². The lowest BCUT2D eigenvalue weighted by molar-refractivity contribution is -0.121. The van der Waals surface area contributed by atoms with E-state index in [9.17, 15) is 9.59 Å². The highest BCUT2D eigenvalue weighted by Gasteiger charge is 2.11. The lowest BCUT2D eigenvalue weighted by Gasteiger charge is -2.15. The number of rotatable bonds is 6. The number of pyridine rings is 1. The summed E-state index contributed by atoms with van der Waals surface area (Å²) in [5.74, 6) is 0.0133. The first-order chi connectivity index (χ1) is 9.66. The lowest BCUT2D eigenvalue weighted by atomic mass is 10.3. The van der Waals surface area contributed by atoms with Gasteiger partial charge in [-0.05, 0) is 38.9 Å². The second kappa shape index (κ2) is 7.24. The molecule has 110 valence electrons. The number of nitrogens with one attached hydrogen (secondary N) is 1.